The summed E-state index contributed by atoms with van der Waals surface area (Å²) in [6, 6.07) is 0.0692. The molecule has 0 amide bonds. The molecule has 19 heavy (non-hydrogen) atoms. The molecular weight excluding hydrogens is 244 g/mol. The number of aromatic nitrogens is 3. The maximum absolute atomic E-state index is 5.64. The summed E-state index contributed by atoms with van der Waals surface area (Å²) in [7, 11) is 1.91. The zero-order chi connectivity index (χ0) is 14.1. The van der Waals surface area contributed by atoms with Gasteiger partial charge >= 0.3 is 0 Å². The van der Waals surface area contributed by atoms with Crippen LogP contribution in [0.3, 0.4) is 0 Å². The fraction of sp³-hybridized carbons (Fsp3) is 0.846. The summed E-state index contributed by atoms with van der Waals surface area (Å²) in [6.07, 6.45) is 3.13. The molecule has 0 saturated heterocycles. The number of nitrogens with zero attached hydrogens (tertiary/aromatic N) is 3. The van der Waals surface area contributed by atoms with Gasteiger partial charge in [-0.3, -0.25) is 4.68 Å². The molecule has 0 aliphatic heterocycles. The maximum atomic E-state index is 5.64. The summed E-state index contributed by atoms with van der Waals surface area (Å²) >= 11 is 0. The van der Waals surface area contributed by atoms with E-state index in [0.29, 0.717) is 13.2 Å². The molecule has 1 rings (SSSR count). The third-order valence-corrected chi connectivity index (χ3v) is 2.89. The van der Waals surface area contributed by atoms with Crippen molar-refractivity contribution in [2.75, 3.05) is 20.3 Å². The molecule has 1 N–H and O–H groups in total. The third-order valence-electron chi connectivity index (χ3n) is 2.89. The molecule has 6 nitrogen and oxygen atoms in total. The normalized spacial score (nSPS) is 13.1. The van der Waals surface area contributed by atoms with Crippen molar-refractivity contribution in [1.82, 2.24) is 20.1 Å². The van der Waals surface area contributed by atoms with Crippen LogP contribution in [0, 0.1) is 0 Å². The molecule has 0 saturated carbocycles. The van der Waals surface area contributed by atoms with Gasteiger partial charge in [0.2, 0.25) is 0 Å². The second-order valence-corrected chi connectivity index (χ2v) is 4.28. The number of nitrogens with one attached hydrogen (secondary N) is 1. The number of ether oxygens (including phenoxy) is 2. The number of hydrogen-bond acceptors (Lipinski definition) is 5. The van der Waals surface area contributed by atoms with Crippen LogP contribution < -0.4 is 5.32 Å². The van der Waals surface area contributed by atoms with Crippen LogP contribution in [0.15, 0.2) is 6.33 Å². The largest absolute Gasteiger partial charge is 0.351 e. The molecule has 0 aromatic carbocycles. The van der Waals surface area contributed by atoms with E-state index in [4.69, 9.17) is 9.47 Å². The molecule has 1 atom stereocenters. The van der Waals surface area contributed by atoms with Crippen molar-refractivity contribution in [3.8, 4) is 0 Å². The first kappa shape index (κ1) is 16.1. The Labute approximate surface area is 115 Å². The predicted molar refractivity (Wildman–Crippen MR) is 73.9 cm³/mol. The zero-order valence-corrected chi connectivity index (χ0v) is 12.4. The molecular formula is C13H26N4O2. The summed E-state index contributed by atoms with van der Waals surface area (Å²) in [5.41, 5.74) is 0. The molecule has 0 aliphatic carbocycles. The van der Waals surface area contributed by atoms with Gasteiger partial charge in [-0.05, 0) is 27.3 Å². The van der Waals surface area contributed by atoms with Crippen molar-refractivity contribution in [2.45, 2.75) is 52.5 Å². The molecule has 0 radical (unpaired) electrons. The Bertz CT molecular complexity index is 337. The number of hydrogen-bond donors (Lipinski definition) is 1. The highest BCUT2D eigenvalue weighted by molar-refractivity contribution is 4.91. The Balaban J connectivity index is 2.70. The van der Waals surface area contributed by atoms with Gasteiger partial charge < -0.3 is 14.8 Å². The van der Waals surface area contributed by atoms with Crippen LogP contribution in [0.5, 0.6) is 0 Å². The highest BCUT2D eigenvalue weighted by atomic mass is 16.7. The van der Waals surface area contributed by atoms with Crippen molar-refractivity contribution >= 4 is 0 Å². The van der Waals surface area contributed by atoms with Crippen molar-refractivity contribution in [2.24, 2.45) is 0 Å². The second-order valence-electron chi connectivity index (χ2n) is 4.28. The van der Waals surface area contributed by atoms with Gasteiger partial charge in [0.15, 0.2) is 6.29 Å². The maximum Gasteiger partial charge on any atom is 0.173 e. The van der Waals surface area contributed by atoms with Gasteiger partial charge in [0.05, 0.1) is 6.04 Å². The lowest BCUT2D eigenvalue weighted by Gasteiger charge is -2.26. The Morgan fingerprint density at radius 1 is 1.26 bits per heavy atom. The summed E-state index contributed by atoms with van der Waals surface area (Å²) in [5.74, 6) is 0.964. The average Bonchev–Trinajstić information content (AvgIpc) is 2.83. The fourth-order valence-electron chi connectivity index (χ4n) is 1.98. The van der Waals surface area contributed by atoms with Crippen LogP contribution in [0.25, 0.3) is 0 Å². The highest BCUT2D eigenvalue weighted by Gasteiger charge is 2.23. The van der Waals surface area contributed by atoms with Crippen molar-refractivity contribution in [1.29, 1.82) is 0 Å². The molecule has 1 aromatic heterocycles. The Hall–Kier alpha value is -0.980. The topological polar surface area (TPSA) is 61.2 Å². The molecule has 1 aromatic rings. The Morgan fingerprint density at radius 3 is 2.47 bits per heavy atom. The van der Waals surface area contributed by atoms with E-state index >= 15 is 0 Å². The van der Waals surface area contributed by atoms with Crippen LogP contribution in [-0.2, 0) is 22.4 Å². The Kier molecular flexibility index (Phi) is 7.62. The van der Waals surface area contributed by atoms with E-state index in [1.165, 1.54) is 0 Å². The van der Waals surface area contributed by atoms with Crippen molar-refractivity contribution in [3.63, 3.8) is 0 Å². The van der Waals surface area contributed by atoms with E-state index in [2.05, 4.69) is 22.3 Å². The molecule has 0 bridgehead atoms. The first-order chi connectivity index (χ1) is 9.26. The van der Waals surface area contributed by atoms with Gasteiger partial charge in [0, 0.05) is 26.2 Å². The summed E-state index contributed by atoms with van der Waals surface area (Å²) in [6.45, 7) is 8.22. The van der Waals surface area contributed by atoms with E-state index < -0.39 is 0 Å². The fourth-order valence-corrected chi connectivity index (χ4v) is 1.98. The zero-order valence-electron chi connectivity index (χ0n) is 12.4. The van der Waals surface area contributed by atoms with Crippen LogP contribution in [-0.4, -0.2) is 47.4 Å². The van der Waals surface area contributed by atoms with Gasteiger partial charge in [-0.2, -0.15) is 5.10 Å². The lowest BCUT2D eigenvalue weighted by molar-refractivity contribution is -0.153. The molecule has 110 valence electrons. The SMILES string of the molecule is CCCn1ncnc1CC(NC)C(OCC)OCC. The van der Waals surface area contributed by atoms with Gasteiger partial charge in [0.25, 0.3) is 0 Å². The molecule has 1 unspecified atom stereocenters. The highest BCUT2D eigenvalue weighted by Crippen LogP contribution is 2.08. The second kappa shape index (κ2) is 9.01. The minimum Gasteiger partial charge on any atom is -0.351 e. The van der Waals surface area contributed by atoms with E-state index in [1.54, 1.807) is 6.33 Å². The smallest absolute Gasteiger partial charge is 0.173 e. The van der Waals surface area contributed by atoms with E-state index in [-0.39, 0.29) is 12.3 Å². The van der Waals surface area contributed by atoms with E-state index in [1.807, 2.05) is 25.6 Å². The summed E-state index contributed by atoms with van der Waals surface area (Å²) in [4.78, 5) is 4.33. The number of likely N-dealkylation sites (N-methyl/N-ethyl adjacent to an activating group) is 1. The van der Waals surface area contributed by atoms with Gasteiger partial charge in [-0.15, -0.1) is 0 Å². The Morgan fingerprint density at radius 2 is 1.95 bits per heavy atom. The molecule has 6 heteroatoms. The van der Waals surface area contributed by atoms with Crippen LogP contribution >= 0.6 is 0 Å². The minimum atomic E-state index is -0.258. The summed E-state index contributed by atoms with van der Waals surface area (Å²) in [5, 5.41) is 7.49. The lowest BCUT2D eigenvalue weighted by atomic mass is 10.2. The van der Waals surface area contributed by atoms with Gasteiger partial charge in [0.1, 0.15) is 12.2 Å². The molecule has 0 spiro atoms. The van der Waals surface area contributed by atoms with Gasteiger partial charge in [-0.25, -0.2) is 4.98 Å². The number of aryl methyl sites for hydroxylation is 1. The minimum absolute atomic E-state index is 0.0692. The average molecular weight is 270 g/mol. The monoisotopic (exact) mass is 270 g/mol. The molecule has 0 fully saturated rings. The molecule has 1 heterocycles. The van der Waals surface area contributed by atoms with E-state index in [0.717, 1.165) is 25.2 Å². The first-order valence-electron chi connectivity index (χ1n) is 7.03. The van der Waals surface area contributed by atoms with Crippen LogP contribution in [0.4, 0.5) is 0 Å². The van der Waals surface area contributed by atoms with Crippen LogP contribution in [0.1, 0.15) is 33.0 Å². The van der Waals surface area contributed by atoms with Crippen LogP contribution in [0.2, 0.25) is 0 Å². The third kappa shape index (κ3) is 4.89. The molecule has 0 aliphatic rings. The van der Waals surface area contributed by atoms with Crippen molar-refractivity contribution in [3.05, 3.63) is 12.2 Å². The standard InChI is InChI=1S/C13H26N4O2/c1-5-8-17-12(15-10-16-17)9-11(14-4)13(18-6-2)19-7-3/h10-11,13-14H,5-9H2,1-4H3. The number of rotatable bonds is 10. The summed E-state index contributed by atoms with van der Waals surface area (Å²) < 4.78 is 13.2. The van der Waals surface area contributed by atoms with Crippen molar-refractivity contribution < 1.29 is 9.47 Å². The van der Waals surface area contributed by atoms with E-state index in [9.17, 15) is 0 Å². The predicted octanol–water partition coefficient (Wildman–Crippen LogP) is 1.22. The lowest BCUT2D eigenvalue weighted by Crippen LogP contribution is -2.43. The first-order valence-corrected chi connectivity index (χ1v) is 7.03. The van der Waals surface area contributed by atoms with Gasteiger partial charge in [-0.1, -0.05) is 6.92 Å². The quantitative estimate of drug-likeness (QED) is 0.648.